The van der Waals surface area contributed by atoms with E-state index in [1.165, 1.54) is 12.1 Å². The van der Waals surface area contributed by atoms with E-state index in [1.807, 2.05) is 0 Å². The highest BCUT2D eigenvalue weighted by Crippen LogP contribution is 2.28. The van der Waals surface area contributed by atoms with Crippen LogP contribution in [0.5, 0.6) is 5.75 Å². The highest BCUT2D eigenvalue weighted by atomic mass is 35.5. The maximum Gasteiger partial charge on any atom is 0.417 e. The highest BCUT2D eigenvalue weighted by Gasteiger charge is 2.18. The minimum Gasteiger partial charge on any atom is -0.403 e. The van der Waals surface area contributed by atoms with Gasteiger partial charge in [-0.1, -0.05) is 29.8 Å². The monoisotopic (exact) mass is 306 g/mol. The number of nitro benzene ring substituents is 1. The van der Waals surface area contributed by atoms with Crippen molar-refractivity contribution >= 4 is 29.1 Å². The van der Waals surface area contributed by atoms with Crippen LogP contribution in [0, 0.1) is 17.0 Å². The lowest BCUT2D eigenvalue weighted by molar-refractivity contribution is -0.385. The molecule has 0 aliphatic rings. The van der Waals surface area contributed by atoms with Gasteiger partial charge in [-0.3, -0.25) is 15.4 Å². The van der Waals surface area contributed by atoms with E-state index in [0.29, 0.717) is 10.7 Å². The van der Waals surface area contributed by atoms with Crippen LogP contribution in [0.2, 0.25) is 5.02 Å². The van der Waals surface area contributed by atoms with E-state index < -0.39 is 11.0 Å². The molecule has 0 saturated carbocycles. The molecular formula is C14H11ClN2O4. The third-order valence-electron chi connectivity index (χ3n) is 2.63. The number of ether oxygens (including phenoxy) is 1. The fourth-order valence-corrected chi connectivity index (χ4v) is 1.83. The average molecular weight is 307 g/mol. The van der Waals surface area contributed by atoms with Gasteiger partial charge in [0.2, 0.25) is 5.75 Å². The van der Waals surface area contributed by atoms with E-state index in [2.05, 4.69) is 5.32 Å². The van der Waals surface area contributed by atoms with Gasteiger partial charge in [0.1, 0.15) is 0 Å². The predicted octanol–water partition coefficient (Wildman–Crippen LogP) is 4.17. The molecule has 0 atom stereocenters. The Morgan fingerprint density at radius 2 is 2.00 bits per heavy atom. The number of nitro groups is 1. The molecule has 0 fully saturated rings. The van der Waals surface area contributed by atoms with Crippen LogP contribution in [-0.4, -0.2) is 11.0 Å². The Morgan fingerprint density at radius 3 is 2.67 bits per heavy atom. The number of carbonyl (C=O) groups is 1. The molecule has 2 rings (SSSR count). The molecule has 2 aromatic rings. The summed E-state index contributed by atoms with van der Waals surface area (Å²) < 4.78 is 5.00. The molecule has 108 valence electrons. The van der Waals surface area contributed by atoms with Crippen molar-refractivity contribution in [2.45, 2.75) is 6.92 Å². The van der Waals surface area contributed by atoms with Crippen molar-refractivity contribution < 1.29 is 14.5 Å². The Balaban J connectivity index is 2.18. The average Bonchev–Trinajstić information content (AvgIpc) is 2.41. The molecule has 0 spiro atoms. The fourth-order valence-electron chi connectivity index (χ4n) is 1.65. The molecule has 0 radical (unpaired) electrons. The summed E-state index contributed by atoms with van der Waals surface area (Å²) in [6.07, 6.45) is -0.850. The molecule has 0 heterocycles. The minimum absolute atomic E-state index is 0.121. The molecule has 21 heavy (non-hydrogen) atoms. The fraction of sp³-hybridized carbons (Fsp3) is 0.0714. The number of anilines is 1. The maximum absolute atomic E-state index is 11.8. The van der Waals surface area contributed by atoms with Crippen molar-refractivity contribution in [3.05, 3.63) is 63.2 Å². The Kier molecular flexibility index (Phi) is 4.39. The second-order valence-corrected chi connectivity index (χ2v) is 4.63. The first kappa shape index (κ1) is 14.8. The largest absolute Gasteiger partial charge is 0.417 e. The van der Waals surface area contributed by atoms with Gasteiger partial charge in [-0.2, -0.15) is 0 Å². The molecule has 0 aliphatic carbocycles. The lowest BCUT2D eigenvalue weighted by Gasteiger charge is -2.08. The van der Waals surface area contributed by atoms with Gasteiger partial charge in [-0.05, 0) is 30.7 Å². The van der Waals surface area contributed by atoms with Crippen molar-refractivity contribution in [2.75, 3.05) is 5.32 Å². The third kappa shape index (κ3) is 3.70. The van der Waals surface area contributed by atoms with Gasteiger partial charge in [0.25, 0.3) is 0 Å². The van der Waals surface area contributed by atoms with Gasteiger partial charge >= 0.3 is 11.8 Å². The molecule has 1 amide bonds. The van der Waals surface area contributed by atoms with Crippen molar-refractivity contribution in [2.24, 2.45) is 0 Å². The summed E-state index contributed by atoms with van der Waals surface area (Å²) in [5.74, 6) is -0.121. The van der Waals surface area contributed by atoms with E-state index in [4.69, 9.17) is 16.3 Å². The number of aryl methyl sites for hydroxylation is 1. The Labute approximate surface area is 125 Å². The van der Waals surface area contributed by atoms with E-state index in [1.54, 1.807) is 37.3 Å². The zero-order valence-corrected chi connectivity index (χ0v) is 11.8. The zero-order valence-electron chi connectivity index (χ0n) is 11.0. The number of nitrogens with zero attached hydrogens (tertiary/aromatic N) is 1. The van der Waals surface area contributed by atoms with Crippen LogP contribution in [0.15, 0.2) is 42.5 Å². The molecular weight excluding hydrogens is 296 g/mol. The number of nitrogens with one attached hydrogen (secondary N) is 1. The topological polar surface area (TPSA) is 81.5 Å². The third-order valence-corrected chi connectivity index (χ3v) is 2.95. The van der Waals surface area contributed by atoms with E-state index in [9.17, 15) is 14.9 Å². The van der Waals surface area contributed by atoms with Crippen molar-refractivity contribution in [3.63, 3.8) is 0 Å². The van der Waals surface area contributed by atoms with Crippen LogP contribution >= 0.6 is 11.6 Å². The van der Waals surface area contributed by atoms with E-state index in [-0.39, 0.29) is 11.4 Å². The maximum atomic E-state index is 11.8. The normalized spacial score (nSPS) is 10.0. The van der Waals surface area contributed by atoms with Gasteiger partial charge in [0.05, 0.1) is 15.6 Å². The number of hydrogen-bond acceptors (Lipinski definition) is 4. The predicted molar refractivity (Wildman–Crippen MR) is 78.9 cm³/mol. The zero-order chi connectivity index (χ0) is 15.4. The van der Waals surface area contributed by atoms with Crippen molar-refractivity contribution in [1.29, 1.82) is 0 Å². The molecule has 0 bridgehead atoms. The number of rotatable bonds is 3. The number of benzene rings is 2. The van der Waals surface area contributed by atoms with Gasteiger partial charge in [0.15, 0.2) is 0 Å². The summed E-state index contributed by atoms with van der Waals surface area (Å²) in [6.45, 7) is 1.74. The molecule has 0 saturated heterocycles. The molecule has 0 unspecified atom stereocenters. The van der Waals surface area contributed by atoms with Crippen LogP contribution in [0.4, 0.5) is 16.2 Å². The summed E-state index contributed by atoms with van der Waals surface area (Å²) in [4.78, 5) is 22.1. The summed E-state index contributed by atoms with van der Waals surface area (Å²) in [7, 11) is 0. The first-order chi connectivity index (χ1) is 9.97. The second kappa shape index (κ2) is 6.23. The molecule has 1 N–H and O–H groups in total. The van der Waals surface area contributed by atoms with Gasteiger partial charge in [0, 0.05) is 6.07 Å². The first-order valence-corrected chi connectivity index (χ1v) is 6.33. The summed E-state index contributed by atoms with van der Waals surface area (Å²) >= 11 is 5.90. The quantitative estimate of drug-likeness (QED) is 0.681. The second-order valence-electron chi connectivity index (χ2n) is 4.22. The molecule has 0 aliphatic heterocycles. The SMILES string of the molecule is Cc1ccc([N+](=O)[O-])c(OC(=O)Nc2ccccc2Cl)c1. The van der Waals surface area contributed by atoms with Crippen LogP contribution in [0.25, 0.3) is 0 Å². The Morgan fingerprint density at radius 1 is 1.29 bits per heavy atom. The van der Waals surface area contributed by atoms with Crippen LogP contribution in [0.3, 0.4) is 0 Å². The number of para-hydroxylation sites is 1. The van der Waals surface area contributed by atoms with Crippen molar-refractivity contribution in [1.82, 2.24) is 0 Å². The summed E-state index contributed by atoms with van der Waals surface area (Å²) in [5, 5.41) is 13.7. The van der Waals surface area contributed by atoms with Crippen molar-refractivity contribution in [3.8, 4) is 5.75 Å². The molecule has 6 nitrogen and oxygen atoms in total. The van der Waals surface area contributed by atoms with Gasteiger partial charge < -0.3 is 4.74 Å². The summed E-state index contributed by atoms with van der Waals surface area (Å²) in [5.41, 5.74) is 0.815. The van der Waals surface area contributed by atoms with Crippen LogP contribution < -0.4 is 10.1 Å². The van der Waals surface area contributed by atoms with E-state index in [0.717, 1.165) is 5.56 Å². The Bertz CT molecular complexity index is 703. The Hall–Kier alpha value is -2.60. The molecule has 7 heteroatoms. The summed E-state index contributed by atoms with van der Waals surface area (Å²) in [6, 6.07) is 10.9. The first-order valence-electron chi connectivity index (χ1n) is 5.96. The van der Waals surface area contributed by atoms with Gasteiger partial charge in [-0.15, -0.1) is 0 Å². The highest BCUT2D eigenvalue weighted by molar-refractivity contribution is 6.33. The number of carbonyl (C=O) groups excluding carboxylic acids is 1. The minimum atomic E-state index is -0.850. The lowest BCUT2D eigenvalue weighted by atomic mass is 10.2. The van der Waals surface area contributed by atoms with Gasteiger partial charge in [-0.25, -0.2) is 4.79 Å². The standard InChI is InChI=1S/C14H11ClN2O4/c1-9-6-7-12(17(19)20)13(8-9)21-14(18)16-11-5-3-2-4-10(11)15/h2-8H,1H3,(H,16,18). The van der Waals surface area contributed by atoms with E-state index >= 15 is 0 Å². The smallest absolute Gasteiger partial charge is 0.403 e. The number of amides is 1. The number of halogens is 1. The molecule has 2 aromatic carbocycles. The molecule has 0 aromatic heterocycles. The van der Waals surface area contributed by atoms with Crippen LogP contribution in [0.1, 0.15) is 5.56 Å². The lowest BCUT2D eigenvalue weighted by Crippen LogP contribution is -2.17. The number of hydrogen-bond donors (Lipinski definition) is 1. The van der Waals surface area contributed by atoms with Crippen LogP contribution in [-0.2, 0) is 0 Å².